The number of nitrogens with two attached hydrogens (primary N) is 1. The van der Waals surface area contributed by atoms with E-state index in [-0.39, 0.29) is 0 Å². The number of piperidine rings is 1. The van der Waals surface area contributed by atoms with E-state index in [1.54, 1.807) is 13.3 Å². The predicted octanol–water partition coefficient (Wildman–Crippen LogP) is 4.60. The first-order chi connectivity index (χ1) is 18.0. The molecular formula is C27H37N7O2S. The second-order valence-corrected chi connectivity index (χ2v) is 10.7. The van der Waals surface area contributed by atoms with E-state index >= 15 is 0 Å². The van der Waals surface area contributed by atoms with Gasteiger partial charge in [0, 0.05) is 41.5 Å². The van der Waals surface area contributed by atoms with Gasteiger partial charge in [0.05, 0.1) is 23.4 Å². The fourth-order valence-corrected chi connectivity index (χ4v) is 6.34. The van der Waals surface area contributed by atoms with Gasteiger partial charge in [0.2, 0.25) is 0 Å². The highest BCUT2D eigenvalue weighted by atomic mass is 32.1. The SMILES string of the molecule is CCOC=O.CN(C)C1CCN(c2cc(N)c(C=N)cc2Nc2ncnc3sc4c(c23)CCCC4)CC1. The molecule has 1 saturated heterocycles. The van der Waals surface area contributed by atoms with E-state index < -0.39 is 0 Å². The summed E-state index contributed by atoms with van der Waals surface area (Å²) < 4.78 is 4.15. The van der Waals surface area contributed by atoms with E-state index in [1.807, 2.05) is 23.5 Å². The molecule has 2 aromatic heterocycles. The Kier molecular flexibility index (Phi) is 8.94. The van der Waals surface area contributed by atoms with Crippen molar-refractivity contribution in [3.63, 3.8) is 0 Å². The van der Waals surface area contributed by atoms with Crippen molar-refractivity contribution in [1.29, 1.82) is 5.41 Å². The van der Waals surface area contributed by atoms with Crippen LogP contribution in [0.3, 0.4) is 0 Å². The number of fused-ring (bicyclic) bond motifs is 3. The van der Waals surface area contributed by atoms with E-state index in [1.165, 1.54) is 29.5 Å². The molecule has 5 rings (SSSR count). The molecule has 1 aromatic carbocycles. The van der Waals surface area contributed by atoms with Crippen LogP contribution in [0.1, 0.15) is 48.6 Å². The van der Waals surface area contributed by atoms with E-state index in [0.717, 1.165) is 71.7 Å². The summed E-state index contributed by atoms with van der Waals surface area (Å²) in [6.07, 6.45) is 9.93. The number of nitrogen functional groups attached to an aromatic ring is 1. The van der Waals surface area contributed by atoms with Gasteiger partial charge in [-0.25, -0.2) is 9.97 Å². The number of rotatable bonds is 7. The van der Waals surface area contributed by atoms with Gasteiger partial charge in [-0.1, -0.05) is 0 Å². The maximum atomic E-state index is 9.18. The zero-order valence-electron chi connectivity index (χ0n) is 21.9. The van der Waals surface area contributed by atoms with Gasteiger partial charge in [-0.05, 0) is 77.2 Å². The summed E-state index contributed by atoms with van der Waals surface area (Å²) in [5, 5.41) is 12.6. The van der Waals surface area contributed by atoms with Crippen LogP contribution in [-0.2, 0) is 22.4 Å². The van der Waals surface area contributed by atoms with Crippen molar-refractivity contribution in [3.05, 3.63) is 34.5 Å². The minimum Gasteiger partial charge on any atom is -0.468 e. The summed E-state index contributed by atoms with van der Waals surface area (Å²) in [5.41, 5.74) is 11.1. The van der Waals surface area contributed by atoms with Crippen LogP contribution in [0.2, 0.25) is 0 Å². The molecule has 0 bridgehead atoms. The third kappa shape index (κ3) is 6.02. The summed E-state index contributed by atoms with van der Waals surface area (Å²) in [5.74, 6) is 0.861. The first kappa shape index (κ1) is 26.8. The van der Waals surface area contributed by atoms with Gasteiger partial charge in [0.25, 0.3) is 6.47 Å². The van der Waals surface area contributed by atoms with E-state index in [2.05, 4.69) is 43.9 Å². The minimum absolute atomic E-state index is 0.431. The molecule has 3 heterocycles. The quantitative estimate of drug-likeness (QED) is 0.233. The molecule has 0 unspecified atom stereocenters. The molecule has 1 fully saturated rings. The molecule has 0 atom stereocenters. The molecule has 2 aliphatic rings. The summed E-state index contributed by atoms with van der Waals surface area (Å²) in [6.45, 7) is 4.62. The van der Waals surface area contributed by atoms with Crippen molar-refractivity contribution in [2.45, 2.75) is 51.5 Å². The standard InChI is InChI=1S/C24H31N7S.C3H6O2/c1-30(2)16-7-9-31(10-8-16)20-12-18(26)15(13-25)11-19(20)29-23-22-17-5-3-4-6-21(17)32-24(22)28-14-27-23;1-2-5-3-4/h11-14,16,25H,3-10,26H2,1-2H3,(H,27,28,29);3H,2H2,1H3. The summed E-state index contributed by atoms with van der Waals surface area (Å²) >= 11 is 1.81. The van der Waals surface area contributed by atoms with Crippen LogP contribution in [0.4, 0.5) is 22.9 Å². The van der Waals surface area contributed by atoms with E-state index in [4.69, 9.17) is 11.1 Å². The number of anilines is 4. The third-order valence-electron chi connectivity index (χ3n) is 7.13. The molecule has 37 heavy (non-hydrogen) atoms. The smallest absolute Gasteiger partial charge is 0.293 e. The molecule has 4 N–H and O–H groups in total. The van der Waals surface area contributed by atoms with Crippen LogP contribution in [0.15, 0.2) is 18.5 Å². The van der Waals surface area contributed by atoms with Gasteiger partial charge in [-0.15, -0.1) is 11.3 Å². The Balaban J connectivity index is 0.000000586. The van der Waals surface area contributed by atoms with Gasteiger partial charge >= 0.3 is 0 Å². The van der Waals surface area contributed by atoms with Gasteiger partial charge < -0.3 is 31.0 Å². The van der Waals surface area contributed by atoms with Crippen LogP contribution in [0.5, 0.6) is 0 Å². The van der Waals surface area contributed by atoms with Gasteiger partial charge in [-0.2, -0.15) is 0 Å². The van der Waals surface area contributed by atoms with Crippen LogP contribution < -0.4 is 16.0 Å². The number of benzene rings is 1. The number of nitrogens with zero attached hydrogens (tertiary/aromatic N) is 4. The van der Waals surface area contributed by atoms with Crippen LogP contribution in [0, 0.1) is 5.41 Å². The summed E-state index contributed by atoms with van der Waals surface area (Å²) in [4.78, 5) is 25.7. The molecule has 0 spiro atoms. The fraction of sp³-hybridized carbons (Fsp3) is 0.481. The Bertz CT molecular complexity index is 1240. The van der Waals surface area contributed by atoms with Crippen LogP contribution in [0.25, 0.3) is 10.2 Å². The highest BCUT2D eigenvalue weighted by Gasteiger charge is 2.25. The Labute approximate surface area is 222 Å². The van der Waals surface area contributed by atoms with Crippen molar-refractivity contribution < 1.29 is 9.53 Å². The molecule has 0 radical (unpaired) electrons. The molecule has 10 heteroatoms. The lowest BCUT2D eigenvalue weighted by Gasteiger charge is -2.37. The van der Waals surface area contributed by atoms with Gasteiger partial charge in [0.15, 0.2) is 0 Å². The largest absolute Gasteiger partial charge is 0.468 e. The molecule has 1 aliphatic carbocycles. The van der Waals surface area contributed by atoms with Gasteiger partial charge in [-0.3, -0.25) is 4.79 Å². The average molecular weight is 524 g/mol. The number of hydrogen-bond donors (Lipinski definition) is 3. The molecule has 0 amide bonds. The highest BCUT2D eigenvalue weighted by molar-refractivity contribution is 7.19. The predicted molar refractivity (Wildman–Crippen MR) is 153 cm³/mol. The summed E-state index contributed by atoms with van der Waals surface area (Å²) in [6, 6.07) is 4.61. The Morgan fingerprint density at radius 3 is 2.65 bits per heavy atom. The topological polar surface area (TPSA) is 120 Å². The van der Waals surface area contributed by atoms with Crippen molar-refractivity contribution >= 4 is 57.1 Å². The monoisotopic (exact) mass is 523 g/mol. The normalized spacial score (nSPS) is 15.6. The second-order valence-electron chi connectivity index (χ2n) is 9.61. The number of ether oxygens (including phenoxy) is 1. The maximum absolute atomic E-state index is 9.18. The van der Waals surface area contributed by atoms with Crippen molar-refractivity contribution in [2.75, 3.05) is 49.7 Å². The van der Waals surface area contributed by atoms with E-state index in [9.17, 15) is 4.79 Å². The lowest BCUT2D eigenvalue weighted by molar-refractivity contribution is -0.128. The number of aryl methyl sites for hydroxylation is 2. The maximum Gasteiger partial charge on any atom is 0.293 e. The summed E-state index contributed by atoms with van der Waals surface area (Å²) in [7, 11) is 4.32. The number of carbonyl (C=O) groups excluding carboxylic acids is 1. The number of hydrogen-bond acceptors (Lipinski definition) is 10. The molecule has 1 aliphatic heterocycles. The Hall–Kier alpha value is -3.24. The second kappa shape index (κ2) is 12.3. The molecule has 3 aromatic rings. The number of carbonyl (C=O) groups is 1. The highest BCUT2D eigenvalue weighted by Crippen LogP contribution is 2.41. The lowest BCUT2D eigenvalue weighted by atomic mass is 9.97. The van der Waals surface area contributed by atoms with Gasteiger partial charge in [0.1, 0.15) is 17.0 Å². The zero-order chi connectivity index (χ0) is 26.4. The first-order valence-corrected chi connectivity index (χ1v) is 13.7. The average Bonchev–Trinajstić information content (AvgIpc) is 3.30. The molecule has 9 nitrogen and oxygen atoms in total. The van der Waals surface area contributed by atoms with Crippen LogP contribution >= 0.6 is 11.3 Å². The van der Waals surface area contributed by atoms with Crippen LogP contribution in [-0.4, -0.2) is 67.4 Å². The Morgan fingerprint density at radius 1 is 1.24 bits per heavy atom. The first-order valence-electron chi connectivity index (χ1n) is 12.9. The lowest BCUT2D eigenvalue weighted by Crippen LogP contribution is -2.42. The zero-order valence-corrected chi connectivity index (χ0v) is 22.7. The minimum atomic E-state index is 0.431. The fourth-order valence-electron chi connectivity index (χ4n) is 5.11. The third-order valence-corrected chi connectivity index (χ3v) is 8.33. The molecular weight excluding hydrogens is 486 g/mol. The van der Waals surface area contributed by atoms with Crippen molar-refractivity contribution in [2.24, 2.45) is 0 Å². The Morgan fingerprint density at radius 2 is 2.00 bits per heavy atom. The van der Waals surface area contributed by atoms with E-state index in [0.29, 0.717) is 24.8 Å². The van der Waals surface area contributed by atoms with Crippen molar-refractivity contribution in [3.8, 4) is 0 Å². The number of nitrogens with one attached hydrogen (secondary N) is 2. The number of thiophene rings is 1. The molecule has 198 valence electrons. The molecule has 0 saturated carbocycles. The van der Waals surface area contributed by atoms with Crippen molar-refractivity contribution in [1.82, 2.24) is 14.9 Å². The number of aromatic nitrogens is 2.